The zero-order valence-electron chi connectivity index (χ0n) is 15.3. The first-order chi connectivity index (χ1) is 12.7. The predicted molar refractivity (Wildman–Crippen MR) is 97.5 cm³/mol. The summed E-state index contributed by atoms with van der Waals surface area (Å²) in [7, 11) is 0. The molecule has 0 radical (unpaired) electrons. The molecular weight excluding hydrogens is 398 g/mol. The average Bonchev–Trinajstić information content (AvgIpc) is 2.54. The van der Waals surface area contributed by atoms with Gasteiger partial charge in [0, 0.05) is 32.7 Å². The van der Waals surface area contributed by atoms with Crippen LogP contribution in [0.2, 0.25) is 5.15 Å². The number of nitrogens with zero attached hydrogens (tertiary/aromatic N) is 1. The number of ether oxygens (including phenoxy) is 4. The standard InChI is InChI=1S/C17H20ClNO7S/c1-8-5-6-19-16(18)13(8)26-17-15(25-11(4)22)14(24-10(3)21)12(7-27-17)23-9(2)20/h5-6,12,14-15,17H,7H2,1-4H3/t12-,14+,15-,17-/m1/s1. The second-order valence-corrected chi connectivity index (χ2v) is 7.35. The largest absolute Gasteiger partial charge is 0.472 e. The Kier molecular flexibility index (Phi) is 7.32. The summed E-state index contributed by atoms with van der Waals surface area (Å²) in [6.45, 7) is 5.49. The Morgan fingerprint density at radius 2 is 1.67 bits per heavy atom. The summed E-state index contributed by atoms with van der Waals surface area (Å²) in [4.78, 5) is 38.6. The lowest BCUT2D eigenvalue weighted by Gasteiger charge is -2.40. The monoisotopic (exact) mass is 417 g/mol. The number of hydrogen-bond acceptors (Lipinski definition) is 9. The van der Waals surface area contributed by atoms with E-state index in [-0.39, 0.29) is 10.9 Å². The molecule has 0 saturated carbocycles. The van der Waals surface area contributed by atoms with Crippen molar-refractivity contribution < 1.29 is 33.3 Å². The second-order valence-electron chi connectivity index (χ2n) is 5.86. The lowest BCUT2D eigenvalue weighted by Crippen LogP contribution is -2.55. The molecule has 1 saturated heterocycles. The summed E-state index contributed by atoms with van der Waals surface area (Å²) in [5.74, 6) is -1.12. The smallest absolute Gasteiger partial charge is 0.303 e. The molecule has 1 aliphatic rings. The van der Waals surface area contributed by atoms with Crippen LogP contribution < -0.4 is 4.74 Å². The summed E-state index contributed by atoms with van der Waals surface area (Å²) in [5.41, 5.74) is -0.00576. The van der Waals surface area contributed by atoms with E-state index in [4.69, 9.17) is 30.5 Å². The molecule has 1 aromatic heterocycles. The molecule has 0 unspecified atom stereocenters. The van der Waals surface area contributed by atoms with Crippen molar-refractivity contribution in [2.45, 2.75) is 51.4 Å². The normalized spacial score (nSPS) is 24.6. The summed E-state index contributed by atoms with van der Waals surface area (Å²) >= 11 is 7.36. The van der Waals surface area contributed by atoms with E-state index in [1.165, 1.54) is 32.5 Å². The van der Waals surface area contributed by atoms with Gasteiger partial charge in [-0.25, -0.2) is 4.98 Å². The number of hydrogen-bond donors (Lipinski definition) is 0. The molecule has 8 nitrogen and oxygen atoms in total. The number of aromatic nitrogens is 1. The van der Waals surface area contributed by atoms with Gasteiger partial charge in [-0.1, -0.05) is 11.6 Å². The van der Waals surface area contributed by atoms with E-state index < -0.39 is 41.7 Å². The van der Waals surface area contributed by atoms with E-state index >= 15 is 0 Å². The van der Waals surface area contributed by atoms with Gasteiger partial charge < -0.3 is 18.9 Å². The maximum atomic E-state index is 11.6. The first-order valence-electron chi connectivity index (χ1n) is 8.10. The van der Waals surface area contributed by atoms with E-state index in [9.17, 15) is 14.4 Å². The molecule has 148 valence electrons. The fourth-order valence-electron chi connectivity index (χ4n) is 2.58. The van der Waals surface area contributed by atoms with Gasteiger partial charge in [-0.3, -0.25) is 14.4 Å². The lowest BCUT2D eigenvalue weighted by molar-refractivity contribution is -0.186. The van der Waals surface area contributed by atoms with Crippen molar-refractivity contribution in [2.24, 2.45) is 0 Å². The van der Waals surface area contributed by atoms with Crippen molar-refractivity contribution in [1.29, 1.82) is 0 Å². The zero-order valence-corrected chi connectivity index (χ0v) is 16.8. The molecule has 0 spiro atoms. The number of esters is 3. The van der Waals surface area contributed by atoms with Gasteiger partial charge in [0.2, 0.25) is 0 Å². The van der Waals surface area contributed by atoms with Crippen molar-refractivity contribution in [1.82, 2.24) is 4.98 Å². The number of carbonyl (C=O) groups excluding carboxylic acids is 3. The topological polar surface area (TPSA) is 101 Å². The van der Waals surface area contributed by atoms with E-state index in [1.807, 2.05) is 0 Å². The van der Waals surface area contributed by atoms with Gasteiger partial charge in [-0.15, -0.1) is 11.8 Å². The van der Waals surface area contributed by atoms with E-state index in [0.29, 0.717) is 5.75 Å². The minimum atomic E-state index is -1.02. The Morgan fingerprint density at radius 1 is 1.07 bits per heavy atom. The first-order valence-corrected chi connectivity index (χ1v) is 9.52. The highest BCUT2D eigenvalue weighted by atomic mass is 35.5. The molecule has 0 amide bonds. The Balaban J connectivity index is 2.34. The van der Waals surface area contributed by atoms with Crippen LogP contribution in [0.4, 0.5) is 0 Å². The number of aryl methyl sites for hydroxylation is 1. The van der Waals surface area contributed by atoms with E-state index in [0.717, 1.165) is 5.56 Å². The SMILES string of the molecule is CC(=O)O[C@@H]1[C@@H](OC(C)=O)[C@H](OC(C)=O)CS[C@H]1Oc1c(C)ccnc1Cl. The summed E-state index contributed by atoms with van der Waals surface area (Å²) < 4.78 is 21.9. The lowest BCUT2D eigenvalue weighted by atomic mass is 10.1. The molecule has 0 N–H and O–H groups in total. The van der Waals surface area contributed by atoms with Crippen molar-refractivity contribution in [3.63, 3.8) is 0 Å². The van der Waals surface area contributed by atoms with Crippen molar-refractivity contribution in [3.05, 3.63) is 23.0 Å². The Morgan fingerprint density at radius 3 is 2.22 bits per heavy atom. The Hall–Kier alpha value is -2.00. The first kappa shape index (κ1) is 21.3. The molecule has 27 heavy (non-hydrogen) atoms. The third-order valence-electron chi connectivity index (χ3n) is 3.60. The zero-order chi connectivity index (χ0) is 20.1. The minimum Gasteiger partial charge on any atom is -0.472 e. The Bertz CT molecular complexity index is 709. The van der Waals surface area contributed by atoms with Crippen LogP contribution in [0.25, 0.3) is 0 Å². The number of halogens is 1. The average molecular weight is 418 g/mol. The molecule has 0 bridgehead atoms. The molecule has 4 atom stereocenters. The van der Waals surface area contributed by atoms with Crippen LogP contribution in [0.1, 0.15) is 26.3 Å². The predicted octanol–water partition coefficient (Wildman–Crippen LogP) is 2.29. The summed E-state index contributed by atoms with van der Waals surface area (Å²) in [5, 5.41) is 0.156. The van der Waals surface area contributed by atoms with Crippen molar-refractivity contribution >= 4 is 41.3 Å². The van der Waals surface area contributed by atoms with Crippen LogP contribution >= 0.6 is 23.4 Å². The third-order valence-corrected chi connectivity index (χ3v) is 5.08. The molecule has 1 aliphatic heterocycles. The highest BCUT2D eigenvalue weighted by molar-refractivity contribution is 7.99. The van der Waals surface area contributed by atoms with Gasteiger partial charge in [-0.2, -0.15) is 0 Å². The maximum absolute atomic E-state index is 11.6. The van der Waals surface area contributed by atoms with Gasteiger partial charge >= 0.3 is 17.9 Å². The van der Waals surface area contributed by atoms with Gasteiger partial charge in [0.15, 0.2) is 34.7 Å². The van der Waals surface area contributed by atoms with Gasteiger partial charge in [0.25, 0.3) is 0 Å². The molecule has 1 aromatic rings. The van der Waals surface area contributed by atoms with Crippen LogP contribution in [0.15, 0.2) is 12.3 Å². The van der Waals surface area contributed by atoms with Crippen LogP contribution in [0, 0.1) is 6.92 Å². The highest BCUT2D eigenvalue weighted by Crippen LogP contribution is 2.36. The van der Waals surface area contributed by atoms with Crippen LogP contribution in [0.5, 0.6) is 5.75 Å². The molecule has 10 heteroatoms. The van der Waals surface area contributed by atoms with Crippen LogP contribution in [-0.2, 0) is 28.6 Å². The van der Waals surface area contributed by atoms with E-state index in [1.54, 1.807) is 19.2 Å². The van der Waals surface area contributed by atoms with Crippen LogP contribution in [-0.4, -0.2) is 52.4 Å². The third kappa shape index (κ3) is 5.74. The molecule has 2 rings (SSSR count). The van der Waals surface area contributed by atoms with E-state index in [2.05, 4.69) is 4.98 Å². The number of thioether (sulfide) groups is 1. The fourth-order valence-corrected chi connectivity index (χ4v) is 4.03. The quantitative estimate of drug-likeness (QED) is 0.405. The molecule has 1 fully saturated rings. The van der Waals surface area contributed by atoms with Crippen molar-refractivity contribution in [2.75, 3.05) is 5.75 Å². The molecule has 2 heterocycles. The second kappa shape index (κ2) is 9.27. The Labute approximate surface area is 165 Å². The molecule has 0 aromatic carbocycles. The molecule has 0 aliphatic carbocycles. The number of rotatable bonds is 5. The number of carbonyl (C=O) groups is 3. The van der Waals surface area contributed by atoms with Gasteiger partial charge in [0.05, 0.1) is 0 Å². The maximum Gasteiger partial charge on any atom is 0.303 e. The summed E-state index contributed by atoms with van der Waals surface area (Å²) in [6, 6.07) is 1.72. The molecular formula is C17H20ClNO7S. The van der Waals surface area contributed by atoms with Crippen LogP contribution in [0.3, 0.4) is 0 Å². The van der Waals surface area contributed by atoms with Gasteiger partial charge in [-0.05, 0) is 18.6 Å². The number of pyridine rings is 1. The van der Waals surface area contributed by atoms with Gasteiger partial charge in [0.1, 0.15) is 0 Å². The minimum absolute atomic E-state index is 0.156. The van der Waals surface area contributed by atoms with Crippen molar-refractivity contribution in [3.8, 4) is 5.75 Å². The summed E-state index contributed by atoms with van der Waals surface area (Å²) in [6.07, 6.45) is -1.27. The fraction of sp³-hybridized carbons (Fsp3) is 0.529. The highest BCUT2D eigenvalue weighted by Gasteiger charge is 2.48.